The van der Waals surface area contributed by atoms with Crippen molar-refractivity contribution in [2.24, 2.45) is 5.92 Å². The molecule has 2 unspecified atom stereocenters. The molecule has 1 saturated carbocycles. The van der Waals surface area contributed by atoms with Crippen LogP contribution in [0.1, 0.15) is 26.2 Å². The number of likely N-dealkylation sites (tertiary alicyclic amines) is 1. The van der Waals surface area contributed by atoms with Crippen molar-refractivity contribution in [3.8, 4) is 0 Å². The van der Waals surface area contributed by atoms with Gasteiger partial charge < -0.3 is 10.2 Å². The van der Waals surface area contributed by atoms with Crippen LogP contribution >= 0.6 is 0 Å². The molecule has 2 rings (SSSR count). The van der Waals surface area contributed by atoms with Crippen molar-refractivity contribution < 1.29 is 10.2 Å². The molecule has 1 aliphatic heterocycles. The number of nitrogens with zero attached hydrogens (tertiary/aromatic N) is 1. The van der Waals surface area contributed by atoms with Crippen molar-refractivity contribution in [2.45, 2.75) is 37.8 Å². The van der Waals surface area contributed by atoms with Gasteiger partial charge in [0.15, 0.2) is 0 Å². The van der Waals surface area contributed by atoms with Gasteiger partial charge in [0.2, 0.25) is 0 Å². The highest BCUT2D eigenvalue weighted by Gasteiger charge is 2.44. The van der Waals surface area contributed by atoms with Gasteiger partial charge in [-0.1, -0.05) is 0 Å². The van der Waals surface area contributed by atoms with Crippen LogP contribution in [0.25, 0.3) is 0 Å². The highest BCUT2D eigenvalue weighted by molar-refractivity contribution is 4.99. The van der Waals surface area contributed by atoms with Crippen LogP contribution in [-0.4, -0.2) is 46.5 Å². The lowest BCUT2D eigenvalue weighted by Crippen LogP contribution is -2.58. The topological polar surface area (TPSA) is 43.7 Å². The monoisotopic (exact) mass is 185 g/mol. The van der Waals surface area contributed by atoms with Crippen LogP contribution < -0.4 is 0 Å². The zero-order chi connectivity index (χ0) is 9.47. The molecular weight excluding hydrogens is 166 g/mol. The Bertz CT molecular complexity index is 187. The summed E-state index contributed by atoms with van der Waals surface area (Å²) in [5.41, 5.74) is -0.486. The number of rotatable bonds is 2. The van der Waals surface area contributed by atoms with Gasteiger partial charge in [0.05, 0.1) is 5.60 Å². The van der Waals surface area contributed by atoms with Crippen LogP contribution in [0, 0.1) is 5.92 Å². The lowest BCUT2D eigenvalue weighted by Gasteiger charge is -2.46. The molecule has 0 radical (unpaired) electrons. The van der Waals surface area contributed by atoms with Crippen molar-refractivity contribution in [2.75, 3.05) is 19.7 Å². The van der Waals surface area contributed by atoms with E-state index in [1.165, 1.54) is 0 Å². The molecule has 13 heavy (non-hydrogen) atoms. The molecule has 76 valence electrons. The Morgan fingerprint density at radius 1 is 1.46 bits per heavy atom. The molecule has 3 nitrogen and oxygen atoms in total. The SMILES string of the molecule is CC1(O)CCCC1N1CC(CO)C1. The van der Waals surface area contributed by atoms with E-state index in [1.807, 2.05) is 6.92 Å². The molecule has 2 atom stereocenters. The minimum atomic E-state index is -0.486. The Kier molecular flexibility index (Phi) is 2.34. The van der Waals surface area contributed by atoms with Crippen LogP contribution in [0.2, 0.25) is 0 Å². The molecule has 1 aliphatic carbocycles. The largest absolute Gasteiger partial charge is 0.396 e. The third kappa shape index (κ3) is 1.60. The van der Waals surface area contributed by atoms with E-state index in [2.05, 4.69) is 4.90 Å². The van der Waals surface area contributed by atoms with Crippen molar-refractivity contribution in [1.29, 1.82) is 0 Å². The number of hydrogen-bond acceptors (Lipinski definition) is 3. The van der Waals surface area contributed by atoms with Crippen molar-refractivity contribution in [1.82, 2.24) is 4.90 Å². The number of hydrogen-bond donors (Lipinski definition) is 2. The average Bonchev–Trinajstić information content (AvgIpc) is 2.29. The summed E-state index contributed by atoms with van der Waals surface area (Å²) in [6.45, 7) is 4.18. The van der Waals surface area contributed by atoms with Gasteiger partial charge in [-0.3, -0.25) is 4.90 Å². The van der Waals surface area contributed by atoms with Crippen molar-refractivity contribution in [3.05, 3.63) is 0 Å². The summed E-state index contributed by atoms with van der Waals surface area (Å²) >= 11 is 0. The fraction of sp³-hybridized carbons (Fsp3) is 1.00. The minimum absolute atomic E-state index is 0.297. The number of aliphatic hydroxyl groups excluding tert-OH is 1. The maximum absolute atomic E-state index is 10.0. The molecule has 2 aliphatic rings. The average molecular weight is 185 g/mol. The van der Waals surface area contributed by atoms with E-state index in [0.717, 1.165) is 32.4 Å². The van der Waals surface area contributed by atoms with Crippen molar-refractivity contribution >= 4 is 0 Å². The maximum atomic E-state index is 10.0. The molecule has 0 aromatic rings. The van der Waals surface area contributed by atoms with Crippen LogP contribution in [0.5, 0.6) is 0 Å². The second-order valence-electron chi connectivity index (χ2n) is 4.77. The Morgan fingerprint density at radius 3 is 2.62 bits per heavy atom. The van der Waals surface area contributed by atoms with E-state index in [4.69, 9.17) is 5.11 Å². The molecule has 0 bridgehead atoms. The Hall–Kier alpha value is -0.120. The molecule has 0 aromatic heterocycles. The molecule has 3 heteroatoms. The first kappa shape index (κ1) is 9.44. The van der Waals surface area contributed by atoms with Gasteiger partial charge in [0.25, 0.3) is 0 Å². The van der Waals surface area contributed by atoms with Gasteiger partial charge in [-0.05, 0) is 26.2 Å². The predicted molar refractivity (Wildman–Crippen MR) is 50.4 cm³/mol. The zero-order valence-corrected chi connectivity index (χ0v) is 8.24. The molecule has 1 saturated heterocycles. The van der Waals surface area contributed by atoms with Crippen LogP contribution in [0.15, 0.2) is 0 Å². The standard InChI is InChI=1S/C10H19NO2/c1-10(13)4-2-3-9(10)11-5-8(6-11)7-12/h8-9,12-13H,2-7H2,1H3. The second-order valence-corrected chi connectivity index (χ2v) is 4.77. The quantitative estimate of drug-likeness (QED) is 0.646. The van der Waals surface area contributed by atoms with Gasteiger partial charge in [-0.15, -0.1) is 0 Å². The third-order valence-corrected chi connectivity index (χ3v) is 3.56. The van der Waals surface area contributed by atoms with Crippen LogP contribution in [0.3, 0.4) is 0 Å². The molecule has 0 amide bonds. The maximum Gasteiger partial charge on any atom is 0.0774 e. The van der Waals surface area contributed by atoms with Gasteiger partial charge in [-0.25, -0.2) is 0 Å². The first-order chi connectivity index (χ1) is 6.13. The molecule has 1 heterocycles. The first-order valence-electron chi connectivity index (χ1n) is 5.21. The smallest absolute Gasteiger partial charge is 0.0774 e. The van der Waals surface area contributed by atoms with E-state index in [-0.39, 0.29) is 0 Å². The van der Waals surface area contributed by atoms with Gasteiger partial charge in [0, 0.05) is 31.7 Å². The first-order valence-corrected chi connectivity index (χ1v) is 5.21. The second kappa shape index (κ2) is 3.23. The Labute approximate surface area is 79.4 Å². The molecular formula is C10H19NO2. The van der Waals surface area contributed by atoms with E-state index in [9.17, 15) is 5.11 Å². The zero-order valence-electron chi connectivity index (χ0n) is 8.24. The van der Waals surface area contributed by atoms with E-state index >= 15 is 0 Å². The Balaban J connectivity index is 1.89. The normalized spacial score (nSPS) is 42.2. The summed E-state index contributed by atoms with van der Waals surface area (Å²) in [5, 5.41) is 18.9. The predicted octanol–water partition coefficient (Wildman–Crippen LogP) is 0.214. The van der Waals surface area contributed by atoms with E-state index < -0.39 is 5.60 Å². The van der Waals surface area contributed by atoms with E-state index in [0.29, 0.717) is 18.6 Å². The summed E-state index contributed by atoms with van der Waals surface area (Å²) in [5.74, 6) is 0.455. The third-order valence-electron chi connectivity index (χ3n) is 3.56. The Morgan fingerprint density at radius 2 is 2.15 bits per heavy atom. The van der Waals surface area contributed by atoms with Crippen LogP contribution in [0.4, 0.5) is 0 Å². The highest BCUT2D eigenvalue weighted by atomic mass is 16.3. The minimum Gasteiger partial charge on any atom is -0.396 e. The summed E-state index contributed by atoms with van der Waals surface area (Å²) in [6, 6.07) is 0.343. The van der Waals surface area contributed by atoms with Gasteiger partial charge >= 0.3 is 0 Å². The van der Waals surface area contributed by atoms with Gasteiger partial charge in [-0.2, -0.15) is 0 Å². The molecule has 2 N–H and O–H groups in total. The fourth-order valence-electron chi connectivity index (χ4n) is 2.69. The summed E-state index contributed by atoms with van der Waals surface area (Å²) in [4.78, 5) is 2.31. The van der Waals surface area contributed by atoms with Gasteiger partial charge in [0.1, 0.15) is 0 Å². The molecule has 0 aromatic carbocycles. The lowest BCUT2D eigenvalue weighted by molar-refractivity contribution is -0.0647. The molecule has 0 spiro atoms. The van der Waals surface area contributed by atoms with E-state index in [1.54, 1.807) is 0 Å². The van der Waals surface area contributed by atoms with Crippen molar-refractivity contribution in [3.63, 3.8) is 0 Å². The summed E-state index contributed by atoms with van der Waals surface area (Å²) in [7, 11) is 0. The fourth-order valence-corrected chi connectivity index (χ4v) is 2.69. The summed E-state index contributed by atoms with van der Waals surface area (Å²) < 4.78 is 0. The van der Waals surface area contributed by atoms with Crippen LogP contribution in [-0.2, 0) is 0 Å². The summed E-state index contributed by atoms with van der Waals surface area (Å²) in [6.07, 6.45) is 3.18. The highest BCUT2D eigenvalue weighted by Crippen LogP contribution is 2.36. The lowest BCUT2D eigenvalue weighted by atomic mass is 9.92. The number of aliphatic hydroxyl groups is 2. The molecule has 2 fully saturated rings.